The van der Waals surface area contributed by atoms with Crippen molar-refractivity contribution in [2.24, 2.45) is 0 Å². The van der Waals surface area contributed by atoms with E-state index in [4.69, 9.17) is 5.73 Å². The fourth-order valence-corrected chi connectivity index (χ4v) is 3.23. The van der Waals surface area contributed by atoms with Gasteiger partial charge in [-0.15, -0.1) is 0 Å². The minimum Gasteiger partial charge on any atom is -0.398 e. The zero-order valence-corrected chi connectivity index (χ0v) is 12.4. The third-order valence-electron chi connectivity index (χ3n) is 2.95. The number of hydrogen-bond acceptors (Lipinski definition) is 4. The number of nitrogens with two attached hydrogens (primary N) is 1. The number of aromatic nitrogens is 1. The summed E-state index contributed by atoms with van der Waals surface area (Å²) in [4.78, 5) is 3.86. The molecule has 6 heteroatoms. The van der Waals surface area contributed by atoms with Crippen LogP contribution < -0.4 is 10.5 Å². The molecule has 1 aromatic heterocycles. The van der Waals surface area contributed by atoms with E-state index in [9.17, 15) is 8.42 Å². The van der Waals surface area contributed by atoms with E-state index in [1.807, 2.05) is 6.92 Å². The monoisotopic (exact) mass is 285 g/mol. The van der Waals surface area contributed by atoms with Crippen LogP contribution in [0.4, 0.5) is 5.69 Å². The van der Waals surface area contributed by atoms with Crippen LogP contribution in [0, 0.1) is 0 Å². The second-order valence-electron chi connectivity index (χ2n) is 4.79. The summed E-state index contributed by atoms with van der Waals surface area (Å²) in [6.45, 7) is 4.02. The number of rotatable bonds is 8. The van der Waals surface area contributed by atoms with Crippen molar-refractivity contribution < 1.29 is 8.42 Å². The van der Waals surface area contributed by atoms with Crippen LogP contribution in [0.15, 0.2) is 23.4 Å². The molecule has 1 unspecified atom stereocenters. The Morgan fingerprint density at radius 1 is 1.37 bits per heavy atom. The van der Waals surface area contributed by atoms with E-state index in [-0.39, 0.29) is 16.6 Å². The molecule has 1 aromatic rings. The first-order chi connectivity index (χ1) is 8.97. The van der Waals surface area contributed by atoms with E-state index < -0.39 is 10.0 Å². The summed E-state index contributed by atoms with van der Waals surface area (Å²) >= 11 is 0. The van der Waals surface area contributed by atoms with Gasteiger partial charge < -0.3 is 5.73 Å². The molecule has 0 saturated carbocycles. The second-order valence-corrected chi connectivity index (χ2v) is 6.47. The summed E-state index contributed by atoms with van der Waals surface area (Å²) in [7, 11) is -3.57. The molecule has 5 nitrogen and oxygen atoms in total. The van der Waals surface area contributed by atoms with Crippen LogP contribution in [-0.4, -0.2) is 19.4 Å². The first kappa shape index (κ1) is 15.9. The van der Waals surface area contributed by atoms with Crippen molar-refractivity contribution in [3.63, 3.8) is 0 Å². The Bertz CT molecular complexity index is 488. The number of hydrogen-bond donors (Lipinski definition) is 2. The molecular weight excluding hydrogens is 262 g/mol. The van der Waals surface area contributed by atoms with Gasteiger partial charge in [-0.05, 0) is 19.4 Å². The Balaban J connectivity index is 2.58. The molecule has 0 fully saturated rings. The molecule has 1 rings (SSSR count). The minimum absolute atomic E-state index is 0.0513. The quantitative estimate of drug-likeness (QED) is 0.718. The maximum absolute atomic E-state index is 12.1. The topological polar surface area (TPSA) is 85.1 Å². The highest BCUT2D eigenvalue weighted by Gasteiger charge is 2.19. The first-order valence-electron chi connectivity index (χ1n) is 6.69. The largest absolute Gasteiger partial charge is 0.398 e. The smallest absolute Gasteiger partial charge is 0.244 e. The molecule has 0 aliphatic heterocycles. The molecular formula is C13H23N3O2S. The van der Waals surface area contributed by atoms with Crippen LogP contribution in [0.2, 0.25) is 0 Å². The van der Waals surface area contributed by atoms with Crippen molar-refractivity contribution in [1.29, 1.82) is 0 Å². The zero-order chi connectivity index (χ0) is 14.3. The third kappa shape index (κ3) is 5.16. The van der Waals surface area contributed by atoms with E-state index in [1.165, 1.54) is 31.3 Å². The minimum atomic E-state index is -3.57. The fraction of sp³-hybridized carbons (Fsp3) is 0.615. The van der Waals surface area contributed by atoms with E-state index in [0.29, 0.717) is 0 Å². The first-order valence-corrected chi connectivity index (χ1v) is 8.17. The van der Waals surface area contributed by atoms with Gasteiger partial charge in [-0.3, -0.25) is 4.98 Å². The summed E-state index contributed by atoms with van der Waals surface area (Å²) in [6.07, 6.45) is 8.11. The lowest BCUT2D eigenvalue weighted by molar-refractivity contribution is 0.522. The molecule has 0 saturated heterocycles. The number of nitrogen functional groups attached to an aromatic ring is 1. The van der Waals surface area contributed by atoms with Crippen LogP contribution >= 0.6 is 0 Å². The van der Waals surface area contributed by atoms with E-state index >= 15 is 0 Å². The molecule has 1 atom stereocenters. The van der Waals surface area contributed by atoms with Crippen LogP contribution in [0.1, 0.15) is 46.0 Å². The van der Waals surface area contributed by atoms with Gasteiger partial charge in [0.1, 0.15) is 4.90 Å². The predicted octanol–water partition coefficient (Wildman–Crippen LogP) is 2.30. The van der Waals surface area contributed by atoms with Crippen molar-refractivity contribution in [2.45, 2.75) is 56.9 Å². The Hall–Kier alpha value is -1.14. The van der Waals surface area contributed by atoms with Crippen molar-refractivity contribution in [1.82, 2.24) is 9.71 Å². The lowest BCUT2D eigenvalue weighted by Crippen LogP contribution is -2.33. The Labute approximate surface area is 115 Å². The van der Waals surface area contributed by atoms with Crippen LogP contribution in [0.25, 0.3) is 0 Å². The maximum Gasteiger partial charge on any atom is 0.244 e. The molecule has 0 bridgehead atoms. The molecule has 0 aliphatic carbocycles. The number of anilines is 1. The molecule has 19 heavy (non-hydrogen) atoms. The Morgan fingerprint density at radius 2 is 2.11 bits per heavy atom. The normalized spacial score (nSPS) is 13.4. The predicted molar refractivity (Wildman–Crippen MR) is 77.2 cm³/mol. The third-order valence-corrected chi connectivity index (χ3v) is 4.59. The number of pyridine rings is 1. The molecule has 0 aliphatic rings. The highest BCUT2D eigenvalue weighted by atomic mass is 32.2. The fourth-order valence-electron chi connectivity index (χ4n) is 1.88. The average molecular weight is 285 g/mol. The molecule has 0 amide bonds. The number of unbranched alkanes of at least 4 members (excludes halogenated alkanes) is 3. The van der Waals surface area contributed by atoms with Gasteiger partial charge in [-0.2, -0.15) is 0 Å². The van der Waals surface area contributed by atoms with Gasteiger partial charge in [0.15, 0.2) is 0 Å². The molecule has 0 radical (unpaired) electrons. The van der Waals surface area contributed by atoms with Crippen molar-refractivity contribution in [2.75, 3.05) is 5.73 Å². The van der Waals surface area contributed by atoms with Crippen LogP contribution in [0.3, 0.4) is 0 Å². The van der Waals surface area contributed by atoms with E-state index in [1.54, 1.807) is 0 Å². The maximum atomic E-state index is 12.1. The van der Waals surface area contributed by atoms with E-state index in [0.717, 1.165) is 19.3 Å². The standard InChI is InChI=1S/C13H23N3O2S/c1-3-4-5-6-7-11(2)16-19(17,18)13-10-15-9-8-12(13)14/h8-11,16H,3-7H2,1-2H3,(H2,14,15). The van der Waals surface area contributed by atoms with Gasteiger partial charge in [0, 0.05) is 18.4 Å². The summed E-state index contributed by atoms with van der Waals surface area (Å²) in [6, 6.07) is 1.39. The molecule has 3 N–H and O–H groups in total. The number of sulfonamides is 1. The molecule has 0 aromatic carbocycles. The number of nitrogens with zero attached hydrogens (tertiary/aromatic N) is 1. The van der Waals surface area contributed by atoms with Gasteiger partial charge in [0.2, 0.25) is 10.0 Å². The second kappa shape index (κ2) is 7.45. The van der Waals surface area contributed by atoms with Gasteiger partial charge in [-0.25, -0.2) is 13.1 Å². The highest BCUT2D eigenvalue weighted by Crippen LogP contribution is 2.16. The van der Waals surface area contributed by atoms with E-state index in [2.05, 4.69) is 16.6 Å². The molecule has 0 spiro atoms. The number of nitrogens with one attached hydrogen (secondary N) is 1. The van der Waals surface area contributed by atoms with Crippen LogP contribution in [0.5, 0.6) is 0 Å². The summed E-state index contributed by atoms with van der Waals surface area (Å²) in [5.74, 6) is 0. The summed E-state index contributed by atoms with van der Waals surface area (Å²) in [5.41, 5.74) is 5.89. The average Bonchev–Trinajstić information content (AvgIpc) is 2.34. The Kier molecular flexibility index (Phi) is 6.24. The van der Waals surface area contributed by atoms with Gasteiger partial charge in [0.05, 0.1) is 5.69 Å². The lowest BCUT2D eigenvalue weighted by atomic mass is 10.1. The molecule has 1 heterocycles. The molecule has 108 valence electrons. The van der Waals surface area contributed by atoms with Crippen molar-refractivity contribution >= 4 is 15.7 Å². The van der Waals surface area contributed by atoms with Crippen molar-refractivity contribution in [3.8, 4) is 0 Å². The lowest BCUT2D eigenvalue weighted by Gasteiger charge is -2.14. The Morgan fingerprint density at radius 3 is 2.74 bits per heavy atom. The summed E-state index contributed by atoms with van der Waals surface area (Å²) < 4.78 is 26.9. The van der Waals surface area contributed by atoms with Crippen molar-refractivity contribution in [3.05, 3.63) is 18.5 Å². The highest BCUT2D eigenvalue weighted by molar-refractivity contribution is 7.89. The van der Waals surface area contributed by atoms with Gasteiger partial charge in [0.25, 0.3) is 0 Å². The zero-order valence-electron chi connectivity index (χ0n) is 11.6. The van der Waals surface area contributed by atoms with Gasteiger partial charge >= 0.3 is 0 Å². The SMILES string of the molecule is CCCCCCC(C)NS(=O)(=O)c1cnccc1N. The summed E-state index contributed by atoms with van der Waals surface area (Å²) in [5, 5.41) is 0. The van der Waals surface area contributed by atoms with Crippen LogP contribution in [-0.2, 0) is 10.0 Å². The van der Waals surface area contributed by atoms with Gasteiger partial charge in [-0.1, -0.05) is 32.6 Å².